The van der Waals surface area contributed by atoms with Crippen LogP contribution < -0.4 is 0 Å². The third-order valence-corrected chi connectivity index (χ3v) is 1.85. The second kappa shape index (κ2) is 3.61. The Bertz CT molecular complexity index is 494. The van der Waals surface area contributed by atoms with Crippen LogP contribution in [0, 0.1) is 11.6 Å². The number of carbonyl (C=O) groups excluding carboxylic acids is 1. The van der Waals surface area contributed by atoms with Crippen LogP contribution in [0.3, 0.4) is 0 Å². The molecule has 1 aromatic carbocycles. The smallest absolute Gasteiger partial charge is 0.217 e. The monoisotopic (exact) mass is 209 g/mol. The molecule has 0 spiro atoms. The number of carbonyl (C=O) groups is 1. The standard InChI is InChI=1S/C10H5F2NO2/c11-6-1-2-7(8(12)5-6)10(14)9-3-4-15-13-9/h1-5H. The van der Waals surface area contributed by atoms with Crippen LogP contribution in [0.2, 0.25) is 0 Å². The molecule has 3 nitrogen and oxygen atoms in total. The van der Waals surface area contributed by atoms with Gasteiger partial charge in [0, 0.05) is 12.1 Å². The molecule has 2 aromatic rings. The Morgan fingerprint density at radius 3 is 2.67 bits per heavy atom. The first-order valence-corrected chi connectivity index (χ1v) is 4.08. The average molecular weight is 209 g/mol. The lowest BCUT2D eigenvalue weighted by molar-refractivity contribution is 0.102. The van der Waals surface area contributed by atoms with E-state index in [1.807, 2.05) is 0 Å². The summed E-state index contributed by atoms with van der Waals surface area (Å²) >= 11 is 0. The Kier molecular flexibility index (Phi) is 2.29. The summed E-state index contributed by atoms with van der Waals surface area (Å²) in [4.78, 5) is 11.6. The summed E-state index contributed by atoms with van der Waals surface area (Å²) in [6.45, 7) is 0. The number of halogens is 2. The van der Waals surface area contributed by atoms with E-state index >= 15 is 0 Å². The molecule has 0 saturated heterocycles. The zero-order valence-electron chi connectivity index (χ0n) is 7.41. The van der Waals surface area contributed by atoms with Gasteiger partial charge >= 0.3 is 0 Å². The van der Waals surface area contributed by atoms with Gasteiger partial charge in [0.05, 0.1) is 5.56 Å². The first kappa shape index (κ1) is 9.51. The molecule has 0 saturated carbocycles. The van der Waals surface area contributed by atoms with Crippen LogP contribution >= 0.6 is 0 Å². The van der Waals surface area contributed by atoms with Gasteiger partial charge in [0.2, 0.25) is 5.78 Å². The number of hydrogen-bond donors (Lipinski definition) is 0. The fourth-order valence-corrected chi connectivity index (χ4v) is 1.14. The largest absolute Gasteiger partial charge is 0.364 e. The van der Waals surface area contributed by atoms with Gasteiger partial charge in [-0.05, 0) is 12.1 Å². The highest BCUT2D eigenvalue weighted by Gasteiger charge is 2.16. The molecule has 1 heterocycles. The summed E-state index contributed by atoms with van der Waals surface area (Å²) < 4.78 is 30.2. The van der Waals surface area contributed by atoms with E-state index in [4.69, 9.17) is 0 Å². The summed E-state index contributed by atoms with van der Waals surface area (Å²) in [6, 6.07) is 4.04. The van der Waals surface area contributed by atoms with E-state index in [9.17, 15) is 13.6 Å². The Balaban J connectivity index is 2.42. The van der Waals surface area contributed by atoms with E-state index < -0.39 is 17.4 Å². The second-order valence-corrected chi connectivity index (χ2v) is 2.84. The second-order valence-electron chi connectivity index (χ2n) is 2.84. The molecule has 0 aliphatic rings. The number of ketones is 1. The highest BCUT2D eigenvalue weighted by molar-refractivity contribution is 6.07. The van der Waals surface area contributed by atoms with Crippen molar-refractivity contribution >= 4 is 5.78 Å². The molecule has 0 aliphatic heterocycles. The molecule has 0 N–H and O–H groups in total. The van der Waals surface area contributed by atoms with Crippen LogP contribution in [0.4, 0.5) is 8.78 Å². The molecule has 76 valence electrons. The minimum atomic E-state index is -0.914. The highest BCUT2D eigenvalue weighted by atomic mass is 19.1. The zero-order valence-corrected chi connectivity index (χ0v) is 7.41. The van der Waals surface area contributed by atoms with Gasteiger partial charge in [-0.3, -0.25) is 4.79 Å². The number of benzene rings is 1. The first-order valence-electron chi connectivity index (χ1n) is 4.08. The third kappa shape index (κ3) is 1.76. The fourth-order valence-electron chi connectivity index (χ4n) is 1.14. The molecular weight excluding hydrogens is 204 g/mol. The van der Waals surface area contributed by atoms with Crippen molar-refractivity contribution in [2.45, 2.75) is 0 Å². The Morgan fingerprint density at radius 1 is 1.27 bits per heavy atom. The van der Waals surface area contributed by atoms with Crippen molar-refractivity contribution < 1.29 is 18.1 Å². The van der Waals surface area contributed by atoms with E-state index in [0.29, 0.717) is 6.07 Å². The van der Waals surface area contributed by atoms with Crippen LogP contribution in [-0.4, -0.2) is 10.9 Å². The van der Waals surface area contributed by atoms with Crippen molar-refractivity contribution in [1.82, 2.24) is 5.16 Å². The highest BCUT2D eigenvalue weighted by Crippen LogP contribution is 2.13. The van der Waals surface area contributed by atoms with Crippen LogP contribution in [0.25, 0.3) is 0 Å². The van der Waals surface area contributed by atoms with Gasteiger partial charge in [-0.2, -0.15) is 0 Å². The SMILES string of the molecule is O=C(c1ccon1)c1ccc(F)cc1F. The number of nitrogens with zero attached hydrogens (tertiary/aromatic N) is 1. The van der Waals surface area contributed by atoms with Crippen molar-refractivity contribution in [2.24, 2.45) is 0 Å². The van der Waals surface area contributed by atoms with Crippen LogP contribution in [0.1, 0.15) is 16.1 Å². The lowest BCUT2D eigenvalue weighted by Gasteiger charge is -1.98. The van der Waals surface area contributed by atoms with E-state index in [0.717, 1.165) is 12.1 Å². The van der Waals surface area contributed by atoms with E-state index in [1.165, 1.54) is 12.3 Å². The van der Waals surface area contributed by atoms with Gasteiger partial charge in [-0.25, -0.2) is 8.78 Å². The molecular formula is C10H5F2NO2. The summed E-state index contributed by atoms with van der Waals surface area (Å²) in [5, 5.41) is 3.37. The van der Waals surface area contributed by atoms with Crippen LogP contribution in [0.15, 0.2) is 35.1 Å². The molecule has 0 amide bonds. The zero-order chi connectivity index (χ0) is 10.8. The molecule has 0 atom stereocenters. The van der Waals surface area contributed by atoms with Crippen LogP contribution in [-0.2, 0) is 0 Å². The van der Waals surface area contributed by atoms with Crippen molar-refractivity contribution in [2.75, 3.05) is 0 Å². The maximum Gasteiger partial charge on any atom is 0.217 e. The third-order valence-electron chi connectivity index (χ3n) is 1.85. The lowest BCUT2D eigenvalue weighted by Crippen LogP contribution is -2.04. The molecule has 0 unspecified atom stereocenters. The maximum atomic E-state index is 13.2. The van der Waals surface area contributed by atoms with Gasteiger partial charge in [0.15, 0.2) is 5.69 Å². The minimum Gasteiger partial charge on any atom is -0.364 e. The molecule has 15 heavy (non-hydrogen) atoms. The summed E-state index contributed by atoms with van der Waals surface area (Å²) in [5.41, 5.74) is -0.245. The summed E-state index contributed by atoms with van der Waals surface area (Å²) in [5.74, 6) is -2.28. The molecule has 0 bridgehead atoms. The number of aromatic nitrogens is 1. The topological polar surface area (TPSA) is 43.1 Å². The molecule has 0 radical (unpaired) electrons. The predicted octanol–water partition coefficient (Wildman–Crippen LogP) is 2.18. The van der Waals surface area contributed by atoms with E-state index in [2.05, 4.69) is 9.68 Å². The van der Waals surface area contributed by atoms with E-state index in [-0.39, 0.29) is 11.3 Å². The predicted molar refractivity (Wildman–Crippen MR) is 46.3 cm³/mol. The van der Waals surface area contributed by atoms with Gasteiger partial charge in [-0.15, -0.1) is 0 Å². The Labute approximate surface area is 83.3 Å². The fraction of sp³-hybridized carbons (Fsp3) is 0. The van der Waals surface area contributed by atoms with Gasteiger partial charge < -0.3 is 4.52 Å². The van der Waals surface area contributed by atoms with Crippen molar-refractivity contribution in [3.8, 4) is 0 Å². The average Bonchev–Trinajstić information content (AvgIpc) is 2.69. The van der Waals surface area contributed by atoms with Crippen molar-refractivity contribution in [1.29, 1.82) is 0 Å². The Morgan fingerprint density at radius 2 is 2.07 bits per heavy atom. The summed E-state index contributed by atoms with van der Waals surface area (Å²) in [7, 11) is 0. The van der Waals surface area contributed by atoms with Crippen molar-refractivity contribution in [3.05, 3.63) is 53.4 Å². The quantitative estimate of drug-likeness (QED) is 0.712. The van der Waals surface area contributed by atoms with Gasteiger partial charge in [-0.1, -0.05) is 5.16 Å². The lowest BCUT2D eigenvalue weighted by atomic mass is 10.1. The van der Waals surface area contributed by atoms with E-state index in [1.54, 1.807) is 0 Å². The molecule has 2 rings (SSSR count). The molecule has 0 fully saturated rings. The maximum absolute atomic E-state index is 13.2. The normalized spacial score (nSPS) is 10.3. The molecule has 0 aliphatic carbocycles. The Hall–Kier alpha value is -2.04. The molecule has 5 heteroatoms. The van der Waals surface area contributed by atoms with Gasteiger partial charge in [0.25, 0.3) is 0 Å². The van der Waals surface area contributed by atoms with Crippen molar-refractivity contribution in [3.63, 3.8) is 0 Å². The van der Waals surface area contributed by atoms with Gasteiger partial charge in [0.1, 0.15) is 17.9 Å². The van der Waals surface area contributed by atoms with Crippen LogP contribution in [0.5, 0.6) is 0 Å². The number of rotatable bonds is 2. The number of hydrogen-bond acceptors (Lipinski definition) is 3. The minimum absolute atomic E-state index is 0.0134. The summed E-state index contributed by atoms with van der Waals surface area (Å²) in [6.07, 6.45) is 1.20. The first-order chi connectivity index (χ1) is 7.18. The molecule has 1 aromatic heterocycles.